The van der Waals surface area contributed by atoms with Gasteiger partial charge in [-0.1, -0.05) is 57.3 Å². The highest BCUT2D eigenvalue weighted by Gasteiger charge is 2.02. The van der Waals surface area contributed by atoms with Gasteiger partial charge in [-0.15, -0.1) is 0 Å². The molecule has 0 saturated heterocycles. The topological polar surface area (TPSA) is 26.3 Å². The monoisotopic (exact) mass is 354 g/mol. The second-order valence-electron chi connectivity index (χ2n) is 3.23. The summed E-state index contributed by atoms with van der Waals surface area (Å²) in [6.07, 6.45) is 3.25. The van der Waals surface area contributed by atoms with Crippen LogP contribution in [0.1, 0.15) is 26.2 Å². The molecule has 0 aromatic carbocycles. The molecule has 0 saturated carbocycles. The Balaban J connectivity index is 3.18. The summed E-state index contributed by atoms with van der Waals surface area (Å²) in [6, 6.07) is 1.22. The highest BCUT2D eigenvalue weighted by molar-refractivity contribution is 9.25. The summed E-state index contributed by atoms with van der Waals surface area (Å²) in [6.45, 7) is 5.70. The van der Waals surface area contributed by atoms with Gasteiger partial charge in [0.15, 0.2) is 0 Å². The van der Waals surface area contributed by atoms with Crippen molar-refractivity contribution in [3.05, 3.63) is 12.2 Å². The van der Waals surface area contributed by atoms with Crippen molar-refractivity contribution in [2.45, 2.75) is 35.6 Å². The van der Waals surface area contributed by atoms with Gasteiger partial charge in [-0.25, -0.2) is 4.79 Å². The Bertz CT molecular complexity index is 208. The highest BCUT2D eigenvalue weighted by atomic mass is 79.9. The normalized spacial score (nSPS) is 10.4. The lowest BCUT2D eigenvalue weighted by Crippen LogP contribution is -2.06. The summed E-state index contributed by atoms with van der Waals surface area (Å²) < 4.78 is 5.43. The fourth-order valence-corrected chi connectivity index (χ4v) is 2.95. The van der Waals surface area contributed by atoms with Gasteiger partial charge in [-0.05, 0) is 13.3 Å². The predicted molar refractivity (Wildman–Crippen MR) is 71.8 cm³/mol. The van der Waals surface area contributed by atoms with E-state index in [4.69, 9.17) is 4.74 Å². The van der Waals surface area contributed by atoms with Crippen LogP contribution in [0.3, 0.4) is 0 Å². The molecule has 0 aliphatic carbocycles. The second-order valence-corrected chi connectivity index (χ2v) is 9.47. The first-order chi connectivity index (χ1) is 7.04. The third kappa shape index (κ3) is 10.7. The average Bonchev–Trinajstić information content (AvgIpc) is 2.15. The standard InChI is InChI=1S/C10H16Br2O2Si/c1-8(2)9(13)14-6-4-3-5-7-15-10(11)12/h10H,1,3-7H2,2H3. The summed E-state index contributed by atoms with van der Waals surface area (Å²) in [7, 11) is 0.903. The quantitative estimate of drug-likeness (QED) is 0.219. The molecule has 0 aliphatic rings. The molecule has 2 nitrogen and oxygen atoms in total. The smallest absolute Gasteiger partial charge is 0.333 e. The zero-order chi connectivity index (χ0) is 11.7. The summed E-state index contributed by atoms with van der Waals surface area (Å²) in [5.74, 6) is -0.280. The van der Waals surface area contributed by atoms with E-state index in [1.165, 1.54) is 12.5 Å². The Morgan fingerprint density at radius 3 is 2.60 bits per heavy atom. The number of rotatable bonds is 8. The Labute approximate surface area is 111 Å². The number of hydrogen-bond acceptors (Lipinski definition) is 2. The molecule has 86 valence electrons. The zero-order valence-electron chi connectivity index (χ0n) is 8.89. The van der Waals surface area contributed by atoms with Crippen LogP contribution in [-0.2, 0) is 9.53 Å². The number of unbranched alkanes of at least 4 members (excludes halogenated alkanes) is 2. The first-order valence-electron chi connectivity index (χ1n) is 4.88. The zero-order valence-corrected chi connectivity index (χ0v) is 13.1. The molecule has 0 rings (SSSR count). The SMILES string of the molecule is C=C(C)C(=O)OCCCCC[Si]C(Br)Br. The van der Waals surface area contributed by atoms with Gasteiger partial charge in [-0.3, -0.25) is 0 Å². The highest BCUT2D eigenvalue weighted by Crippen LogP contribution is 2.10. The lowest BCUT2D eigenvalue weighted by Gasteiger charge is -2.04. The van der Waals surface area contributed by atoms with E-state index in [2.05, 4.69) is 38.4 Å². The van der Waals surface area contributed by atoms with Crippen molar-refractivity contribution in [2.75, 3.05) is 6.61 Å². The van der Waals surface area contributed by atoms with Crippen molar-refractivity contribution in [1.29, 1.82) is 0 Å². The minimum Gasteiger partial charge on any atom is -0.462 e. The van der Waals surface area contributed by atoms with Crippen LogP contribution in [0.15, 0.2) is 12.2 Å². The maximum Gasteiger partial charge on any atom is 0.333 e. The van der Waals surface area contributed by atoms with Crippen molar-refractivity contribution in [2.24, 2.45) is 0 Å². The third-order valence-corrected chi connectivity index (χ3v) is 4.59. The van der Waals surface area contributed by atoms with Gasteiger partial charge in [0, 0.05) is 5.57 Å². The molecule has 0 unspecified atom stereocenters. The number of alkyl halides is 2. The van der Waals surface area contributed by atoms with E-state index in [0.29, 0.717) is 15.5 Å². The number of halogens is 2. The van der Waals surface area contributed by atoms with Crippen LogP contribution in [0.4, 0.5) is 0 Å². The predicted octanol–water partition coefficient (Wildman–Crippen LogP) is 3.47. The van der Waals surface area contributed by atoms with Crippen molar-refractivity contribution < 1.29 is 9.53 Å². The van der Waals surface area contributed by atoms with E-state index < -0.39 is 0 Å². The van der Waals surface area contributed by atoms with Crippen LogP contribution >= 0.6 is 31.9 Å². The number of hydrogen-bond donors (Lipinski definition) is 0. The molecule has 5 heteroatoms. The van der Waals surface area contributed by atoms with Crippen LogP contribution in [0.5, 0.6) is 0 Å². The number of ether oxygens (including phenoxy) is 1. The number of esters is 1. The molecule has 0 aromatic rings. The van der Waals surface area contributed by atoms with Gasteiger partial charge >= 0.3 is 5.97 Å². The lowest BCUT2D eigenvalue weighted by atomic mass is 10.3. The molecule has 0 heterocycles. The summed E-state index contributed by atoms with van der Waals surface area (Å²) >= 11 is 6.88. The number of carbonyl (C=O) groups is 1. The first-order valence-corrected chi connectivity index (χ1v) is 7.99. The van der Waals surface area contributed by atoms with Crippen LogP contribution in [0.2, 0.25) is 6.04 Å². The van der Waals surface area contributed by atoms with Gasteiger partial charge in [-0.2, -0.15) is 0 Å². The number of carbonyl (C=O) groups excluding carboxylic acids is 1. The van der Waals surface area contributed by atoms with Gasteiger partial charge in [0.05, 0.1) is 19.5 Å². The Kier molecular flexibility index (Phi) is 9.85. The van der Waals surface area contributed by atoms with Crippen molar-refractivity contribution in [1.82, 2.24) is 0 Å². The average molecular weight is 356 g/mol. The van der Waals surface area contributed by atoms with Crippen LogP contribution in [0.25, 0.3) is 0 Å². The van der Waals surface area contributed by atoms with Gasteiger partial charge < -0.3 is 4.74 Å². The van der Waals surface area contributed by atoms with Crippen molar-refractivity contribution in [3.8, 4) is 0 Å². The van der Waals surface area contributed by atoms with Crippen LogP contribution in [0, 0.1) is 0 Å². The Morgan fingerprint density at radius 1 is 1.40 bits per heavy atom. The summed E-state index contributed by atoms with van der Waals surface area (Å²) in [5.41, 5.74) is 0.470. The fraction of sp³-hybridized carbons (Fsp3) is 0.700. The molecule has 0 aliphatic heterocycles. The molecule has 0 fully saturated rings. The lowest BCUT2D eigenvalue weighted by molar-refractivity contribution is -0.139. The molecular weight excluding hydrogens is 340 g/mol. The van der Waals surface area contributed by atoms with Gasteiger partial charge in [0.2, 0.25) is 0 Å². The molecule has 0 bridgehead atoms. The summed E-state index contributed by atoms with van der Waals surface area (Å²) in [4.78, 5) is 11.0. The molecule has 0 aromatic heterocycles. The van der Waals surface area contributed by atoms with Gasteiger partial charge in [0.25, 0.3) is 0 Å². The first kappa shape index (κ1) is 15.4. The Morgan fingerprint density at radius 2 is 2.07 bits per heavy atom. The van der Waals surface area contributed by atoms with E-state index >= 15 is 0 Å². The molecule has 0 atom stereocenters. The van der Waals surface area contributed by atoms with E-state index in [1.54, 1.807) is 6.92 Å². The maximum absolute atomic E-state index is 11.0. The Hall–Kier alpha value is 0.387. The molecule has 15 heavy (non-hydrogen) atoms. The van der Waals surface area contributed by atoms with Crippen molar-refractivity contribution in [3.63, 3.8) is 0 Å². The van der Waals surface area contributed by atoms with Crippen molar-refractivity contribution >= 4 is 47.3 Å². The van der Waals surface area contributed by atoms with E-state index in [-0.39, 0.29) is 5.97 Å². The summed E-state index contributed by atoms with van der Waals surface area (Å²) in [5, 5.41) is 0. The largest absolute Gasteiger partial charge is 0.462 e. The molecule has 0 N–H and O–H groups in total. The van der Waals surface area contributed by atoms with E-state index in [1.807, 2.05) is 0 Å². The second kappa shape index (κ2) is 9.60. The molecular formula is C10H16Br2O2Si. The molecule has 0 spiro atoms. The van der Waals surface area contributed by atoms with E-state index in [9.17, 15) is 4.79 Å². The molecule has 2 radical (unpaired) electrons. The van der Waals surface area contributed by atoms with Crippen LogP contribution in [-0.4, -0.2) is 25.5 Å². The fourth-order valence-electron chi connectivity index (χ4n) is 0.903. The maximum atomic E-state index is 11.0. The minimum absolute atomic E-state index is 0.280. The van der Waals surface area contributed by atoms with Crippen LogP contribution < -0.4 is 0 Å². The third-order valence-electron chi connectivity index (χ3n) is 1.70. The minimum atomic E-state index is -0.280. The van der Waals surface area contributed by atoms with E-state index in [0.717, 1.165) is 22.4 Å². The van der Waals surface area contributed by atoms with Gasteiger partial charge in [0.1, 0.15) is 0 Å². The molecule has 0 amide bonds.